The summed E-state index contributed by atoms with van der Waals surface area (Å²) in [5.74, 6) is 0.315. The molecule has 2 aromatic rings. The molecular weight excluding hydrogens is 352 g/mol. The number of morpholine rings is 1. The third-order valence-electron chi connectivity index (χ3n) is 4.07. The third kappa shape index (κ3) is 2.83. The molecule has 1 saturated heterocycles. The van der Waals surface area contributed by atoms with Crippen molar-refractivity contribution in [1.29, 1.82) is 0 Å². The predicted molar refractivity (Wildman–Crippen MR) is 94.7 cm³/mol. The van der Waals surface area contributed by atoms with Crippen molar-refractivity contribution < 1.29 is 9.13 Å². The Hall–Kier alpha value is -1.82. The van der Waals surface area contributed by atoms with Gasteiger partial charge in [0.2, 0.25) is 0 Å². The first kappa shape index (κ1) is 15.7. The second kappa shape index (κ2) is 6.24. The van der Waals surface area contributed by atoms with E-state index in [9.17, 15) is 4.39 Å². The summed E-state index contributed by atoms with van der Waals surface area (Å²) in [6.45, 7) is 2.77. The molecule has 24 heavy (non-hydrogen) atoms. The molecule has 124 valence electrons. The number of nitrogens with zero attached hydrogens (tertiary/aromatic N) is 2. The SMILES string of the molecule is Fc1cc2c(cc1Cl)N=C(N1CCOCC1)c1ccc(Cl)cc1N2. The van der Waals surface area contributed by atoms with Gasteiger partial charge in [-0.1, -0.05) is 23.2 Å². The predicted octanol–water partition coefficient (Wildman–Crippen LogP) is 4.60. The van der Waals surface area contributed by atoms with E-state index in [1.165, 1.54) is 12.1 Å². The molecule has 1 N–H and O–H groups in total. The van der Waals surface area contributed by atoms with Crippen LogP contribution in [-0.2, 0) is 4.74 Å². The number of ether oxygens (including phenoxy) is 1. The first-order valence-corrected chi connectivity index (χ1v) is 8.35. The van der Waals surface area contributed by atoms with Crippen LogP contribution in [0, 0.1) is 5.82 Å². The van der Waals surface area contributed by atoms with Gasteiger partial charge >= 0.3 is 0 Å². The summed E-state index contributed by atoms with van der Waals surface area (Å²) >= 11 is 12.1. The summed E-state index contributed by atoms with van der Waals surface area (Å²) in [6, 6.07) is 8.44. The molecule has 2 aromatic carbocycles. The Balaban J connectivity index is 1.90. The third-order valence-corrected chi connectivity index (χ3v) is 4.59. The molecule has 4 nitrogen and oxygen atoms in total. The van der Waals surface area contributed by atoms with Crippen molar-refractivity contribution in [3.63, 3.8) is 0 Å². The van der Waals surface area contributed by atoms with Crippen molar-refractivity contribution in [3.05, 3.63) is 51.8 Å². The van der Waals surface area contributed by atoms with Crippen LogP contribution in [0.4, 0.5) is 21.5 Å². The van der Waals surface area contributed by atoms with E-state index in [1.54, 1.807) is 0 Å². The Morgan fingerprint density at radius 3 is 2.67 bits per heavy atom. The summed E-state index contributed by atoms with van der Waals surface area (Å²) in [7, 11) is 0. The lowest BCUT2D eigenvalue weighted by Gasteiger charge is -2.30. The molecule has 2 aliphatic rings. The number of benzene rings is 2. The lowest BCUT2D eigenvalue weighted by molar-refractivity contribution is 0.0683. The Bertz CT molecular complexity index is 835. The maximum atomic E-state index is 13.9. The van der Waals surface area contributed by atoms with Gasteiger partial charge in [0.25, 0.3) is 0 Å². The summed E-state index contributed by atoms with van der Waals surface area (Å²) in [4.78, 5) is 6.92. The molecule has 0 spiro atoms. The lowest BCUT2D eigenvalue weighted by Crippen LogP contribution is -2.41. The fourth-order valence-corrected chi connectivity index (χ4v) is 3.21. The molecule has 0 unspecified atom stereocenters. The van der Waals surface area contributed by atoms with Crippen molar-refractivity contribution >= 4 is 46.1 Å². The second-order valence-electron chi connectivity index (χ2n) is 5.63. The van der Waals surface area contributed by atoms with Gasteiger partial charge in [0, 0.05) is 29.7 Å². The summed E-state index contributed by atoms with van der Waals surface area (Å²) in [5, 5.41) is 3.87. The fraction of sp³-hybridized carbons (Fsp3) is 0.235. The molecule has 4 rings (SSSR count). The highest BCUT2D eigenvalue weighted by molar-refractivity contribution is 6.31. The number of hydrogen-bond acceptors (Lipinski definition) is 4. The number of anilines is 2. The van der Waals surface area contributed by atoms with Gasteiger partial charge in [0.05, 0.1) is 35.3 Å². The van der Waals surface area contributed by atoms with Gasteiger partial charge in [-0.15, -0.1) is 0 Å². The smallest absolute Gasteiger partial charge is 0.144 e. The molecule has 0 aromatic heterocycles. The molecule has 0 saturated carbocycles. The van der Waals surface area contributed by atoms with Crippen LogP contribution in [0.2, 0.25) is 10.0 Å². The topological polar surface area (TPSA) is 36.9 Å². The maximum Gasteiger partial charge on any atom is 0.144 e. The number of rotatable bonds is 0. The van der Waals surface area contributed by atoms with Crippen molar-refractivity contribution in [2.75, 3.05) is 31.6 Å². The molecule has 0 aliphatic carbocycles. The van der Waals surface area contributed by atoms with E-state index in [0.29, 0.717) is 29.6 Å². The van der Waals surface area contributed by atoms with E-state index < -0.39 is 5.82 Å². The number of nitrogens with one attached hydrogen (secondary N) is 1. The molecule has 2 heterocycles. The van der Waals surface area contributed by atoms with E-state index in [4.69, 9.17) is 32.9 Å². The van der Waals surface area contributed by atoms with Gasteiger partial charge in [-0.2, -0.15) is 0 Å². The average molecular weight is 366 g/mol. The van der Waals surface area contributed by atoms with Crippen LogP contribution in [0.3, 0.4) is 0 Å². The molecule has 1 fully saturated rings. The Labute approximate surface area is 148 Å². The van der Waals surface area contributed by atoms with Crippen LogP contribution >= 0.6 is 23.2 Å². The molecule has 0 radical (unpaired) electrons. The highest BCUT2D eigenvalue weighted by Gasteiger charge is 2.24. The number of halogens is 3. The van der Waals surface area contributed by atoms with Crippen molar-refractivity contribution in [2.45, 2.75) is 0 Å². The summed E-state index contributed by atoms with van der Waals surface area (Å²) < 4.78 is 19.3. The van der Waals surface area contributed by atoms with Crippen LogP contribution in [-0.4, -0.2) is 37.0 Å². The summed E-state index contributed by atoms with van der Waals surface area (Å²) in [6.07, 6.45) is 0. The zero-order valence-electron chi connectivity index (χ0n) is 12.7. The standard InChI is InChI=1S/C17H14Cl2FN3O/c18-10-1-2-11-14(7-10)21-16-9-13(20)12(19)8-15(16)22-17(11)23-3-5-24-6-4-23/h1-2,7-9,21H,3-6H2. The largest absolute Gasteiger partial charge is 0.378 e. The van der Waals surface area contributed by atoms with Crippen LogP contribution in [0.5, 0.6) is 0 Å². The Morgan fingerprint density at radius 1 is 1.08 bits per heavy atom. The van der Waals surface area contributed by atoms with Gasteiger partial charge in [0.15, 0.2) is 0 Å². The zero-order chi connectivity index (χ0) is 16.7. The number of hydrogen-bond donors (Lipinski definition) is 1. The molecule has 0 atom stereocenters. The minimum absolute atomic E-state index is 0.0459. The van der Waals surface area contributed by atoms with Crippen molar-refractivity contribution in [2.24, 2.45) is 4.99 Å². The molecule has 0 bridgehead atoms. The van der Waals surface area contributed by atoms with Gasteiger partial charge in [-0.3, -0.25) is 0 Å². The first-order valence-electron chi connectivity index (χ1n) is 7.59. The lowest BCUT2D eigenvalue weighted by atomic mass is 10.1. The second-order valence-corrected chi connectivity index (χ2v) is 6.48. The maximum absolute atomic E-state index is 13.9. The van der Waals surface area contributed by atoms with Gasteiger partial charge < -0.3 is 15.0 Å². The monoisotopic (exact) mass is 365 g/mol. The molecule has 2 aliphatic heterocycles. The molecular formula is C17H14Cl2FN3O. The van der Waals surface area contributed by atoms with E-state index in [0.717, 1.165) is 30.2 Å². The van der Waals surface area contributed by atoms with E-state index in [2.05, 4.69) is 10.2 Å². The minimum Gasteiger partial charge on any atom is -0.378 e. The summed E-state index contributed by atoms with van der Waals surface area (Å²) in [5.41, 5.74) is 2.85. The van der Waals surface area contributed by atoms with Crippen LogP contribution in [0.25, 0.3) is 0 Å². The van der Waals surface area contributed by atoms with Crippen LogP contribution in [0.1, 0.15) is 5.56 Å². The molecule has 0 amide bonds. The van der Waals surface area contributed by atoms with Crippen LogP contribution in [0.15, 0.2) is 35.3 Å². The number of fused-ring (bicyclic) bond motifs is 2. The highest BCUT2D eigenvalue weighted by atomic mass is 35.5. The van der Waals surface area contributed by atoms with Gasteiger partial charge in [0.1, 0.15) is 11.7 Å². The van der Waals surface area contributed by atoms with E-state index in [-0.39, 0.29) is 5.02 Å². The molecule has 7 heteroatoms. The van der Waals surface area contributed by atoms with E-state index >= 15 is 0 Å². The number of aliphatic imine (C=N–C) groups is 1. The normalized spacial score (nSPS) is 16.6. The van der Waals surface area contributed by atoms with Crippen molar-refractivity contribution in [1.82, 2.24) is 4.90 Å². The average Bonchev–Trinajstić information content (AvgIpc) is 2.72. The van der Waals surface area contributed by atoms with Crippen LogP contribution < -0.4 is 5.32 Å². The highest BCUT2D eigenvalue weighted by Crippen LogP contribution is 2.38. The Kier molecular flexibility index (Phi) is 4.08. The number of amidine groups is 1. The quantitative estimate of drug-likeness (QED) is 0.741. The van der Waals surface area contributed by atoms with Gasteiger partial charge in [-0.25, -0.2) is 9.38 Å². The zero-order valence-corrected chi connectivity index (χ0v) is 14.2. The Morgan fingerprint density at radius 2 is 1.88 bits per heavy atom. The fourth-order valence-electron chi connectivity index (χ4n) is 2.88. The van der Waals surface area contributed by atoms with Crippen molar-refractivity contribution in [3.8, 4) is 0 Å². The minimum atomic E-state index is -0.489. The van der Waals surface area contributed by atoms with Gasteiger partial charge in [-0.05, 0) is 24.3 Å². The van der Waals surface area contributed by atoms with E-state index in [1.807, 2.05) is 18.2 Å². The first-order chi connectivity index (χ1) is 11.6.